The Hall–Kier alpha value is -1.23. The molecule has 0 saturated carbocycles. The molecule has 1 aromatic rings. The third-order valence-corrected chi connectivity index (χ3v) is 2.87. The molecule has 1 aromatic carbocycles. The van der Waals surface area contributed by atoms with Crippen LogP contribution in [0.5, 0.6) is 0 Å². The first kappa shape index (κ1) is 11.8. The second kappa shape index (κ2) is 5.02. The zero-order valence-corrected chi connectivity index (χ0v) is 10.3. The second-order valence-electron chi connectivity index (χ2n) is 3.17. The minimum Gasteiger partial charge on any atom is -0.409 e. The molecule has 0 heterocycles. The first-order chi connectivity index (χ1) is 7.10. The zero-order valence-electron chi connectivity index (χ0n) is 8.74. The molecule has 0 aliphatic carbocycles. The Morgan fingerprint density at radius 1 is 1.60 bits per heavy atom. The summed E-state index contributed by atoms with van der Waals surface area (Å²) < 4.78 is 0.927. The molecule has 0 radical (unpaired) electrons. The predicted octanol–water partition coefficient (Wildman–Crippen LogP) is 2.00. The number of hydrogen-bond acceptors (Lipinski definition) is 3. The van der Waals surface area contributed by atoms with Crippen LogP contribution in [0.2, 0.25) is 0 Å². The van der Waals surface area contributed by atoms with Crippen LogP contribution < -0.4 is 10.6 Å². The van der Waals surface area contributed by atoms with E-state index in [0.29, 0.717) is 5.56 Å². The molecular weight excluding hydrogens is 258 g/mol. The molecule has 5 heteroatoms. The number of rotatable bonds is 3. The van der Waals surface area contributed by atoms with Crippen LogP contribution in [0.25, 0.3) is 0 Å². The fourth-order valence-electron chi connectivity index (χ4n) is 1.20. The summed E-state index contributed by atoms with van der Waals surface area (Å²) in [4.78, 5) is 2.10. The molecule has 0 saturated heterocycles. The van der Waals surface area contributed by atoms with Gasteiger partial charge in [-0.15, -0.1) is 0 Å². The van der Waals surface area contributed by atoms with Gasteiger partial charge < -0.3 is 15.8 Å². The van der Waals surface area contributed by atoms with Gasteiger partial charge in [0.1, 0.15) is 0 Å². The largest absolute Gasteiger partial charge is 0.409 e. The Bertz CT molecular complexity index is 379. The lowest BCUT2D eigenvalue weighted by Gasteiger charge is -2.18. The second-order valence-corrected chi connectivity index (χ2v) is 4.02. The summed E-state index contributed by atoms with van der Waals surface area (Å²) in [5.74, 6) is 0.112. The maximum atomic E-state index is 8.54. The third kappa shape index (κ3) is 2.62. The Kier molecular flexibility index (Phi) is 3.96. The Morgan fingerprint density at radius 2 is 2.27 bits per heavy atom. The number of nitrogens with zero attached hydrogens (tertiary/aromatic N) is 2. The molecule has 0 atom stereocenters. The Labute approximate surface area is 97.5 Å². The van der Waals surface area contributed by atoms with Crippen molar-refractivity contribution in [1.82, 2.24) is 0 Å². The highest BCUT2D eigenvalue weighted by atomic mass is 79.9. The lowest BCUT2D eigenvalue weighted by atomic mass is 10.2. The van der Waals surface area contributed by atoms with E-state index in [1.165, 1.54) is 0 Å². The molecule has 0 bridgehead atoms. The molecule has 0 aliphatic rings. The first-order valence-electron chi connectivity index (χ1n) is 4.58. The van der Waals surface area contributed by atoms with E-state index in [-0.39, 0.29) is 5.84 Å². The summed E-state index contributed by atoms with van der Waals surface area (Å²) in [6.07, 6.45) is 0. The fraction of sp³-hybridized carbons (Fsp3) is 0.300. The summed E-state index contributed by atoms with van der Waals surface area (Å²) in [7, 11) is 2.00. The molecule has 0 aliphatic heterocycles. The first-order valence-corrected chi connectivity index (χ1v) is 5.38. The van der Waals surface area contributed by atoms with Crippen molar-refractivity contribution in [2.75, 3.05) is 18.5 Å². The molecule has 0 amide bonds. The molecule has 4 nitrogen and oxygen atoms in total. The number of oxime groups is 1. The lowest BCUT2D eigenvalue weighted by molar-refractivity contribution is 0.318. The Balaban J connectivity index is 3.08. The van der Waals surface area contributed by atoms with Gasteiger partial charge in [0.05, 0.1) is 5.69 Å². The van der Waals surface area contributed by atoms with Gasteiger partial charge in [-0.1, -0.05) is 5.16 Å². The zero-order chi connectivity index (χ0) is 11.4. The number of anilines is 1. The van der Waals surface area contributed by atoms with Crippen LogP contribution in [0.1, 0.15) is 12.5 Å². The summed E-state index contributed by atoms with van der Waals surface area (Å²) in [6, 6.07) is 5.58. The molecule has 0 unspecified atom stereocenters. The molecule has 3 N–H and O–H groups in total. The summed E-state index contributed by atoms with van der Waals surface area (Å²) in [6.45, 7) is 2.99. The molecule has 0 spiro atoms. The van der Waals surface area contributed by atoms with Gasteiger partial charge in [0.2, 0.25) is 0 Å². The van der Waals surface area contributed by atoms with Crippen molar-refractivity contribution in [3.05, 3.63) is 28.2 Å². The average molecular weight is 272 g/mol. The highest BCUT2D eigenvalue weighted by Gasteiger charge is 2.06. The molecular formula is C10H14BrN3O. The van der Waals surface area contributed by atoms with Crippen molar-refractivity contribution in [3.63, 3.8) is 0 Å². The van der Waals surface area contributed by atoms with Gasteiger partial charge in [0, 0.05) is 23.6 Å². The van der Waals surface area contributed by atoms with E-state index in [9.17, 15) is 0 Å². The van der Waals surface area contributed by atoms with Crippen molar-refractivity contribution in [1.29, 1.82) is 0 Å². The van der Waals surface area contributed by atoms with E-state index < -0.39 is 0 Å². The monoisotopic (exact) mass is 271 g/mol. The third-order valence-electron chi connectivity index (χ3n) is 2.24. The van der Waals surface area contributed by atoms with E-state index in [0.717, 1.165) is 16.7 Å². The fourth-order valence-corrected chi connectivity index (χ4v) is 1.89. The maximum absolute atomic E-state index is 8.54. The maximum Gasteiger partial charge on any atom is 0.170 e. The number of benzene rings is 1. The van der Waals surface area contributed by atoms with Crippen LogP contribution in [0.15, 0.2) is 27.8 Å². The SMILES string of the molecule is CCN(C)c1ccc(/C(N)=N/O)cc1Br. The van der Waals surface area contributed by atoms with E-state index in [1.54, 1.807) is 0 Å². The predicted molar refractivity (Wildman–Crippen MR) is 65.6 cm³/mol. The summed E-state index contributed by atoms with van der Waals surface area (Å²) >= 11 is 3.45. The van der Waals surface area contributed by atoms with Crippen LogP contribution in [0.4, 0.5) is 5.69 Å². The molecule has 1 rings (SSSR count). The highest BCUT2D eigenvalue weighted by Crippen LogP contribution is 2.26. The normalized spacial score (nSPS) is 11.5. The van der Waals surface area contributed by atoms with E-state index in [4.69, 9.17) is 10.9 Å². The number of nitrogens with two attached hydrogens (primary N) is 1. The lowest BCUT2D eigenvalue weighted by Crippen LogP contribution is -2.17. The minimum absolute atomic E-state index is 0.112. The van der Waals surface area contributed by atoms with Crippen LogP contribution in [-0.4, -0.2) is 24.6 Å². The smallest absolute Gasteiger partial charge is 0.170 e. The van der Waals surface area contributed by atoms with Crippen LogP contribution in [0.3, 0.4) is 0 Å². The van der Waals surface area contributed by atoms with Crippen molar-refractivity contribution < 1.29 is 5.21 Å². The highest BCUT2D eigenvalue weighted by molar-refractivity contribution is 9.10. The quantitative estimate of drug-likeness (QED) is 0.383. The van der Waals surface area contributed by atoms with Gasteiger partial charge >= 0.3 is 0 Å². The summed E-state index contributed by atoms with van der Waals surface area (Å²) in [5, 5.41) is 11.5. The summed E-state index contributed by atoms with van der Waals surface area (Å²) in [5.41, 5.74) is 7.26. The topological polar surface area (TPSA) is 61.8 Å². The van der Waals surface area contributed by atoms with Crippen molar-refractivity contribution >= 4 is 27.5 Å². The van der Waals surface area contributed by atoms with Crippen molar-refractivity contribution in [3.8, 4) is 0 Å². The van der Waals surface area contributed by atoms with Gasteiger partial charge in [-0.2, -0.15) is 0 Å². The molecule has 0 fully saturated rings. The van der Waals surface area contributed by atoms with E-state index >= 15 is 0 Å². The van der Waals surface area contributed by atoms with Gasteiger partial charge in [-0.3, -0.25) is 0 Å². The standard InChI is InChI=1S/C10H14BrN3O/c1-3-14(2)9-5-4-7(6-8(9)11)10(12)13-15/h4-6,15H,3H2,1-2H3,(H2,12,13). The average Bonchev–Trinajstić information content (AvgIpc) is 2.26. The number of amidine groups is 1. The van der Waals surface area contributed by atoms with Crippen LogP contribution >= 0.6 is 15.9 Å². The van der Waals surface area contributed by atoms with Crippen molar-refractivity contribution in [2.24, 2.45) is 10.9 Å². The van der Waals surface area contributed by atoms with E-state index in [1.807, 2.05) is 25.2 Å². The molecule has 15 heavy (non-hydrogen) atoms. The number of hydrogen-bond donors (Lipinski definition) is 2. The van der Waals surface area contributed by atoms with Gasteiger partial charge in [-0.25, -0.2) is 0 Å². The van der Waals surface area contributed by atoms with E-state index in [2.05, 4.69) is 32.9 Å². The molecule has 82 valence electrons. The van der Waals surface area contributed by atoms with Gasteiger partial charge in [0.25, 0.3) is 0 Å². The van der Waals surface area contributed by atoms with Crippen molar-refractivity contribution in [2.45, 2.75) is 6.92 Å². The Morgan fingerprint density at radius 3 is 2.73 bits per heavy atom. The molecule has 0 aromatic heterocycles. The van der Waals surface area contributed by atoms with Gasteiger partial charge in [-0.05, 0) is 41.1 Å². The number of halogens is 1. The van der Waals surface area contributed by atoms with Crippen LogP contribution in [0, 0.1) is 0 Å². The van der Waals surface area contributed by atoms with Gasteiger partial charge in [0.15, 0.2) is 5.84 Å². The minimum atomic E-state index is 0.112. The van der Waals surface area contributed by atoms with Crippen LogP contribution in [-0.2, 0) is 0 Å².